The molecule has 1 N–H and O–H groups in total. The molecule has 0 unspecified atom stereocenters. The van der Waals surface area contributed by atoms with Gasteiger partial charge in [-0.3, -0.25) is 4.68 Å². The van der Waals surface area contributed by atoms with Crippen LogP contribution in [0.4, 0.5) is 5.82 Å². The van der Waals surface area contributed by atoms with Gasteiger partial charge in [0.15, 0.2) is 5.69 Å². The van der Waals surface area contributed by atoms with E-state index in [9.17, 15) is 4.79 Å². The van der Waals surface area contributed by atoms with Crippen molar-refractivity contribution in [3.8, 4) is 0 Å². The van der Waals surface area contributed by atoms with Gasteiger partial charge >= 0.3 is 5.97 Å². The molecule has 1 aliphatic rings. The molecule has 1 aliphatic heterocycles. The van der Waals surface area contributed by atoms with E-state index in [0.717, 1.165) is 44.0 Å². The third kappa shape index (κ3) is 2.58. The van der Waals surface area contributed by atoms with Gasteiger partial charge < -0.3 is 14.7 Å². The molecule has 0 aromatic carbocycles. The zero-order valence-corrected chi connectivity index (χ0v) is 11.7. The molecule has 2 heterocycles. The molecular weight excluding hydrogens is 246 g/mol. The predicted octanol–water partition coefficient (Wildman–Crippen LogP) is 1.43. The van der Waals surface area contributed by atoms with Gasteiger partial charge in [0.05, 0.1) is 0 Å². The number of nitrogens with zero attached hydrogens (tertiary/aromatic N) is 3. The van der Waals surface area contributed by atoms with Crippen molar-refractivity contribution in [1.29, 1.82) is 0 Å². The average Bonchev–Trinajstić information content (AvgIpc) is 2.69. The number of rotatable bonds is 4. The smallest absolute Gasteiger partial charge is 0.356 e. The SMILES string of the molecule is CCN(c1c(C)c(C(=O)O)nn1C)C1CCOCC1. The third-order valence-electron chi connectivity index (χ3n) is 3.69. The van der Waals surface area contributed by atoms with E-state index in [4.69, 9.17) is 9.84 Å². The van der Waals surface area contributed by atoms with Crippen molar-refractivity contribution >= 4 is 11.8 Å². The second kappa shape index (κ2) is 5.61. The predicted molar refractivity (Wildman–Crippen MR) is 71.8 cm³/mol. The van der Waals surface area contributed by atoms with Crippen LogP contribution in [-0.4, -0.2) is 46.7 Å². The van der Waals surface area contributed by atoms with E-state index < -0.39 is 5.97 Å². The summed E-state index contributed by atoms with van der Waals surface area (Å²) in [6.07, 6.45) is 1.95. The second-order valence-corrected chi connectivity index (χ2v) is 4.86. The van der Waals surface area contributed by atoms with E-state index in [1.165, 1.54) is 0 Å². The molecule has 6 heteroatoms. The fourth-order valence-corrected chi connectivity index (χ4v) is 2.80. The Morgan fingerprint density at radius 2 is 2.16 bits per heavy atom. The molecule has 1 fully saturated rings. The highest BCUT2D eigenvalue weighted by molar-refractivity contribution is 5.88. The molecule has 0 spiro atoms. The Morgan fingerprint density at radius 1 is 1.53 bits per heavy atom. The first kappa shape index (κ1) is 13.9. The van der Waals surface area contributed by atoms with Crippen molar-refractivity contribution in [3.63, 3.8) is 0 Å². The third-order valence-corrected chi connectivity index (χ3v) is 3.69. The van der Waals surface area contributed by atoms with E-state index in [1.807, 2.05) is 6.92 Å². The number of carboxylic acid groups (broad SMARTS) is 1. The van der Waals surface area contributed by atoms with Gasteiger partial charge in [-0.25, -0.2) is 4.79 Å². The molecule has 1 aromatic rings. The molecule has 0 saturated carbocycles. The lowest BCUT2D eigenvalue weighted by Gasteiger charge is -2.35. The largest absolute Gasteiger partial charge is 0.476 e. The van der Waals surface area contributed by atoms with Gasteiger partial charge in [-0.05, 0) is 26.7 Å². The number of hydrogen-bond acceptors (Lipinski definition) is 4. The zero-order valence-electron chi connectivity index (χ0n) is 11.7. The zero-order chi connectivity index (χ0) is 14.0. The summed E-state index contributed by atoms with van der Waals surface area (Å²) >= 11 is 0. The fraction of sp³-hybridized carbons (Fsp3) is 0.692. The van der Waals surface area contributed by atoms with Gasteiger partial charge in [0.25, 0.3) is 0 Å². The van der Waals surface area contributed by atoms with Crippen molar-refractivity contribution < 1.29 is 14.6 Å². The van der Waals surface area contributed by atoms with Crippen LogP contribution >= 0.6 is 0 Å². The summed E-state index contributed by atoms with van der Waals surface area (Å²) in [5.74, 6) is -0.0609. The lowest BCUT2D eigenvalue weighted by molar-refractivity contribution is 0.0688. The Kier molecular flexibility index (Phi) is 4.09. The molecule has 106 valence electrons. The summed E-state index contributed by atoms with van der Waals surface area (Å²) in [5, 5.41) is 13.3. The van der Waals surface area contributed by atoms with E-state index in [0.29, 0.717) is 6.04 Å². The Labute approximate surface area is 113 Å². The van der Waals surface area contributed by atoms with Crippen LogP contribution in [0.5, 0.6) is 0 Å². The van der Waals surface area contributed by atoms with E-state index in [2.05, 4.69) is 16.9 Å². The maximum atomic E-state index is 11.2. The number of aryl methyl sites for hydroxylation is 1. The highest BCUT2D eigenvalue weighted by Crippen LogP contribution is 2.27. The summed E-state index contributed by atoms with van der Waals surface area (Å²) < 4.78 is 7.07. The topological polar surface area (TPSA) is 67.6 Å². The normalized spacial score (nSPS) is 16.6. The van der Waals surface area contributed by atoms with Gasteiger partial charge in [0, 0.05) is 38.4 Å². The standard InChI is InChI=1S/C13H21N3O3/c1-4-16(10-5-7-19-8-6-10)12-9(2)11(13(17)18)14-15(12)3/h10H,4-8H2,1-3H3,(H,17,18). The fourth-order valence-electron chi connectivity index (χ4n) is 2.80. The first-order valence-electron chi connectivity index (χ1n) is 6.67. The number of aromatic carboxylic acids is 1. The lowest BCUT2D eigenvalue weighted by Crippen LogP contribution is -2.40. The number of aromatic nitrogens is 2. The number of ether oxygens (including phenoxy) is 1. The van der Waals surface area contributed by atoms with Crippen molar-refractivity contribution in [2.24, 2.45) is 7.05 Å². The van der Waals surface area contributed by atoms with Crippen molar-refractivity contribution in [1.82, 2.24) is 9.78 Å². The van der Waals surface area contributed by atoms with Crippen LogP contribution in [0.25, 0.3) is 0 Å². The minimum Gasteiger partial charge on any atom is -0.476 e. The van der Waals surface area contributed by atoms with Crippen LogP contribution in [0, 0.1) is 6.92 Å². The van der Waals surface area contributed by atoms with E-state index >= 15 is 0 Å². The van der Waals surface area contributed by atoms with Crippen LogP contribution in [-0.2, 0) is 11.8 Å². The first-order valence-corrected chi connectivity index (χ1v) is 6.67. The molecule has 0 atom stereocenters. The first-order chi connectivity index (χ1) is 9.06. The molecule has 1 saturated heterocycles. The Hall–Kier alpha value is -1.56. The summed E-state index contributed by atoms with van der Waals surface area (Å²) in [6.45, 7) is 6.29. The molecule has 0 aliphatic carbocycles. The Balaban J connectivity index is 2.34. The number of hydrogen-bond donors (Lipinski definition) is 1. The molecule has 2 rings (SSSR count). The number of anilines is 1. The summed E-state index contributed by atoms with van der Waals surface area (Å²) in [7, 11) is 1.80. The summed E-state index contributed by atoms with van der Waals surface area (Å²) in [5.41, 5.74) is 0.881. The molecule has 1 aromatic heterocycles. The quantitative estimate of drug-likeness (QED) is 0.894. The van der Waals surface area contributed by atoms with Gasteiger partial charge in [-0.15, -0.1) is 0 Å². The van der Waals surface area contributed by atoms with Crippen LogP contribution < -0.4 is 4.90 Å². The maximum Gasteiger partial charge on any atom is 0.356 e. The number of carboxylic acids is 1. The van der Waals surface area contributed by atoms with E-state index in [1.54, 1.807) is 11.7 Å². The van der Waals surface area contributed by atoms with Crippen LogP contribution in [0.15, 0.2) is 0 Å². The average molecular weight is 267 g/mol. The second-order valence-electron chi connectivity index (χ2n) is 4.86. The molecule has 19 heavy (non-hydrogen) atoms. The molecular formula is C13H21N3O3. The van der Waals surface area contributed by atoms with Crippen molar-refractivity contribution in [3.05, 3.63) is 11.3 Å². The summed E-state index contributed by atoms with van der Waals surface area (Å²) in [6, 6.07) is 0.398. The van der Waals surface area contributed by atoms with Crippen LogP contribution in [0.2, 0.25) is 0 Å². The minimum absolute atomic E-state index is 0.142. The molecule has 0 bridgehead atoms. The Morgan fingerprint density at radius 3 is 2.63 bits per heavy atom. The van der Waals surface area contributed by atoms with Crippen LogP contribution in [0.3, 0.4) is 0 Å². The summed E-state index contributed by atoms with van der Waals surface area (Å²) in [4.78, 5) is 13.4. The van der Waals surface area contributed by atoms with Crippen molar-refractivity contribution in [2.45, 2.75) is 32.7 Å². The maximum absolute atomic E-state index is 11.2. The highest BCUT2D eigenvalue weighted by atomic mass is 16.5. The van der Waals surface area contributed by atoms with Gasteiger partial charge in [0.1, 0.15) is 5.82 Å². The minimum atomic E-state index is -0.970. The molecule has 6 nitrogen and oxygen atoms in total. The van der Waals surface area contributed by atoms with E-state index in [-0.39, 0.29) is 5.69 Å². The van der Waals surface area contributed by atoms with Gasteiger partial charge in [-0.1, -0.05) is 0 Å². The van der Waals surface area contributed by atoms with Gasteiger partial charge in [-0.2, -0.15) is 5.10 Å². The number of carbonyl (C=O) groups is 1. The van der Waals surface area contributed by atoms with Gasteiger partial charge in [0.2, 0.25) is 0 Å². The monoisotopic (exact) mass is 267 g/mol. The highest BCUT2D eigenvalue weighted by Gasteiger charge is 2.27. The van der Waals surface area contributed by atoms with Crippen molar-refractivity contribution in [2.75, 3.05) is 24.7 Å². The molecule has 0 amide bonds. The lowest BCUT2D eigenvalue weighted by atomic mass is 10.1. The molecule has 0 radical (unpaired) electrons. The van der Waals surface area contributed by atoms with Crippen LogP contribution in [0.1, 0.15) is 35.8 Å². The Bertz CT molecular complexity index is 464.